The summed E-state index contributed by atoms with van der Waals surface area (Å²) in [6.07, 6.45) is 7.01. The number of aliphatic hydroxyl groups is 1. The number of aliphatic hydroxyl groups excluding tert-OH is 1. The first kappa shape index (κ1) is 12.1. The van der Waals surface area contributed by atoms with Crippen molar-refractivity contribution in [1.82, 2.24) is 15.0 Å². The lowest BCUT2D eigenvalue weighted by Gasteiger charge is -2.09. The van der Waals surface area contributed by atoms with Crippen molar-refractivity contribution < 1.29 is 5.11 Å². The minimum absolute atomic E-state index is 0.201. The molecular weight excluding hydrogens is 238 g/mol. The van der Waals surface area contributed by atoms with Crippen LogP contribution < -0.4 is 0 Å². The van der Waals surface area contributed by atoms with Gasteiger partial charge in [-0.3, -0.25) is 0 Å². The predicted molar refractivity (Wildman–Crippen MR) is 73.6 cm³/mol. The molecule has 0 aliphatic heterocycles. The van der Waals surface area contributed by atoms with Gasteiger partial charge in [-0.05, 0) is 13.3 Å². The van der Waals surface area contributed by atoms with E-state index >= 15 is 0 Å². The van der Waals surface area contributed by atoms with Crippen molar-refractivity contribution >= 4 is 0 Å². The zero-order chi connectivity index (χ0) is 13.2. The molecule has 0 fully saturated rings. The van der Waals surface area contributed by atoms with Crippen molar-refractivity contribution in [2.75, 3.05) is 6.61 Å². The van der Waals surface area contributed by atoms with E-state index in [9.17, 15) is 0 Å². The van der Waals surface area contributed by atoms with E-state index in [4.69, 9.17) is 5.11 Å². The molecule has 0 spiro atoms. The minimum Gasteiger partial charge on any atom is -0.396 e. The number of nitrogens with zero attached hydrogens (tertiary/aromatic N) is 3. The van der Waals surface area contributed by atoms with E-state index in [-0.39, 0.29) is 18.6 Å². The normalized spacial score (nSPS) is 22.0. The maximum absolute atomic E-state index is 9.14. The molecule has 1 aromatic heterocycles. The van der Waals surface area contributed by atoms with Gasteiger partial charge in [-0.2, -0.15) is 0 Å². The van der Waals surface area contributed by atoms with E-state index in [1.807, 2.05) is 10.9 Å². The number of allylic oxidation sites excluding steroid dienone is 1. The van der Waals surface area contributed by atoms with Crippen molar-refractivity contribution in [3.8, 4) is 11.3 Å². The van der Waals surface area contributed by atoms with Crippen LogP contribution in [0.4, 0.5) is 0 Å². The van der Waals surface area contributed by atoms with E-state index in [0.29, 0.717) is 0 Å². The number of hydrogen-bond acceptors (Lipinski definition) is 3. The van der Waals surface area contributed by atoms with Crippen LogP contribution in [0.3, 0.4) is 0 Å². The first-order chi connectivity index (χ1) is 9.26. The van der Waals surface area contributed by atoms with Gasteiger partial charge in [0.2, 0.25) is 0 Å². The minimum atomic E-state index is 0.201. The first-order valence-electron chi connectivity index (χ1n) is 6.54. The lowest BCUT2D eigenvalue weighted by molar-refractivity contribution is 0.242. The number of aromatic nitrogens is 3. The highest BCUT2D eigenvalue weighted by Gasteiger charge is 2.20. The third-order valence-corrected chi connectivity index (χ3v) is 3.58. The number of rotatable bonds is 3. The molecule has 4 nitrogen and oxygen atoms in total. The Hall–Kier alpha value is -1.94. The zero-order valence-electron chi connectivity index (χ0n) is 10.9. The molecular formula is C15H17N3O. The largest absolute Gasteiger partial charge is 0.396 e. The Morgan fingerprint density at radius 2 is 2.05 bits per heavy atom. The van der Waals surface area contributed by atoms with E-state index in [1.54, 1.807) is 0 Å². The van der Waals surface area contributed by atoms with Crippen LogP contribution in [0, 0.1) is 12.8 Å². The molecule has 0 bridgehead atoms. The summed E-state index contributed by atoms with van der Waals surface area (Å²) in [4.78, 5) is 0. The summed E-state index contributed by atoms with van der Waals surface area (Å²) in [5.74, 6) is 0.247. The summed E-state index contributed by atoms with van der Waals surface area (Å²) in [5, 5.41) is 17.6. The topological polar surface area (TPSA) is 50.9 Å². The fourth-order valence-corrected chi connectivity index (χ4v) is 2.38. The Balaban J connectivity index is 1.80. The van der Waals surface area contributed by atoms with Crippen LogP contribution in [0.2, 0.25) is 0 Å². The van der Waals surface area contributed by atoms with Gasteiger partial charge in [-0.1, -0.05) is 47.2 Å². The van der Waals surface area contributed by atoms with Gasteiger partial charge in [0.1, 0.15) is 5.69 Å². The smallest absolute Gasteiger partial charge is 0.113 e. The van der Waals surface area contributed by atoms with Crippen LogP contribution in [0.1, 0.15) is 18.0 Å². The molecule has 0 saturated carbocycles. The van der Waals surface area contributed by atoms with Gasteiger partial charge < -0.3 is 5.11 Å². The van der Waals surface area contributed by atoms with E-state index in [1.165, 1.54) is 5.56 Å². The summed E-state index contributed by atoms with van der Waals surface area (Å²) in [7, 11) is 0. The van der Waals surface area contributed by atoms with Gasteiger partial charge in [0.15, 0.2) is 0 Å². The SMILES string of the molecule is Cc1ccc(-c2cn([C@H]3C=C[C@@H](CO)C3)nn2)cc1. The highest BCUT2D eigenvalue weighted by molar-refractivity contribution is 5.57. The van der Waals surface area contributed by atoms with Crippen LogP contribution in [-0.4, -0.2) is 26.7 Å². The van der Waals surface area contributed by atoms with E-state index in [0.717, 1.165) is 17.7 Å². The van der Waals surface area contributed by atoms with Gasteiger partial charge in [0, 0.05) is 18.1 Å². The molecule has 3 rings (SSSR count). The molecule has 19 heavy (non-hydrogen) atoms. The van der Waals surface area contributed by atoms with Crippen LogP contribution in [0.15, 0.2) is 42.6 Å². The fraction of sp³-hybridized carbons (Fsp3) is 0.333. The average molecular weight is 255 g/mol. The molecule has 2 atom stereocenters. The lowest BCUT2D eigenvalue weighted by atomic mass is 10.1. The monoisotopic (exact) mass is 255 g/mol. The van der Waals surface area contributed by atoms with Crippen molar-refractivity contribution in [2.24, 2.45) is 5.92 Å². The molecule has 2 aromatic rings. The highest BCUT2D eigenvalue weighted by Crippen LogP contribution is 2.28. The Morgan fingerprint density at radius 3 is 2.74 bits per heavy atom. The Morgan fingerprint density at radius 1 is 1.26 bits per heavy atom. The molecule has 1 heterocycles. The molecule has 1 aliphatic carbocycles. The molecule has 0 unspecified atom stereocenters. The summed E-state index contributed by atoms with van der Waals surface area (Å²) in [6, 6.07) is 8.48. The van der Waals surface area contributed by atoms with E-state index < -0.39 is 0 Å². The molecule has 4 heteroatoms. The molecule has 0 radical (unpaired) electrons. The summed E-state index contributed by atoms with van der Waals surface area (Å²) < 4.78 is 1.88. The first-order valence-corrected chi connectivity index (χ1v) is 6.54. The molecule has 1 N–H and O–H groups in total. The fourth-order valence-electron chi connectivity index (χ4n) is 2.38. The molecule has 1 aliphatic rings. The van der Waals surface area contributed by atoms with Crippen LogP contribution in [0.25, 0.3) is 11.3 Å². The van der Waals surface area contributed by atoms with Crippen LogP contribution >= 0.6 is 0 Å². The Bertz CT molecular complexity index is 586. The maximum atomic E-state index is 9.14. The third kappa shape index (κ3) is 2.44. The van der Waals surface area contributed by atoms with Crippen molar-refractivity contribution in [1.29, 1.82) is 0 Å². The van der Waals surface area contributed by atoms with Crippen LogP contribution in [-0.2, 0) is 0 Å². The van der Waals surface area contributed by atoms with Gasteiger partial charge in [0.25, 0.3) is 0 Å². The van der Waals surface area contributed by atoms with Gasteiger partial charge in [-0.15, -0.1) is 5.10 Å². The second kappa shape index (κ2) is 4.97. The number of hydrogen-bond donors (Lipinski definition) is 1. The molecule has 1 aromatic carbocycles. The standard InChI is InChI=1S/C15H17N3O/c1-11-2-5-13(6-3-11)15-9-18(17-16-15)14-7-4-12(8-14)10-19/h2-7,9,12,14,19H,8,10H2,1H3/t12-,14+/m1/s1. The maximum Gasteiger partial charge on any atom is 0.113 e. The molecule has 0 saturated heterocycles. The Kier molecular flexibility index (Phi) is 3.17. The third-order valence-electron chi connectivity index (χ3n) is 3.58. The summed E-state index contributed by atoms with van der Waals surface area (Å²) in [6.45, 7) is 2.27. The van der Waals surface area contributed by atoms with Gasteiger partial charge >= 0.3 is 0 Å². The predicted octanol–water partition coefficient (Wildman–Crippen LogP) is 2.36. The van der Waals surface area contributed by atoms with Gasteiger partial charge in [0.05, 0.1) is 12.2 Å². The molecule has 0 amide bonds. The Labute approximate surface area is 112 Å². The zero-order valence-corrected chi connectivity index (χ0v) is 10.9. The molecule has 98 valence electrons. The number of aryl methyl sites for hydroxylation is 1. The lowest BCUT2D eigenvalue weighted by Crippen LogP contribution is -2.08. The second-order valence-electron chi connectivity index (χ2n) is 5.08. The van der Waals surface area contributed by atoms with Gasteiger partial charge in [-0.25, -0.2) is 4.68 Å². The second-order valence-corrected chi connectivity index (χ2v) is 5.08. The van der Waals surface area contributed by atoms with Crippen LogP contribution in [0.5, 0.6) is 0 Å². The number of benzene rings is 1. The van der Waals surface area contributed by atoms with E-state index in [2.05, 4.69) is 53.7 Å². The van der Waals surface area contributed by atoms with Crippen molar-refractivity contribution in [3.05, 3.63) is 48.2 Å². The summed E-state index contributed by atoms with van der Waals surface area (Å²) in [5.41, 5.74) is 3.21. The van der Waals surface area contributed by atoms with Crippen molar-refractivity contribution in [2.45, 2.75) is 19.4 Å². The summed E-state index contributed by atoms with van der Waals surface area (Å²) >= 11 is 0. The quantitative estimate of drug-likeness (QED) is 0.857. The highest BCUT2D eigenvalue weighted by atomic mass is 16.3. The average Bonchev–Trinajstić information content (AvgIpc) is 3.08. The van der Waals surface area contributed by atoms with Crippen molar-refractivity contribution in [3.63, 3.8) is 0 Å².